The highest BCUT2D eigenvalue weighted by atomic mass is 79.9. The van der Waals surface area contributed by atoms with E-state index in [1.54, 1.807) is 0 Å². The molecule has 0 unspecified atom stereocenters. The molecular formula is C17H23BrN2O. The van der Waals surface area contributed by atoms with Crippen molar-refractivity contribution in [1.82, 2.24) is 5.32 Å². The molecule has 2 rings (SSSR count). The first kappa shape index (κ1) is 16.3. The third-order valence-electron chi connectivity index (χ3n) is 3.69. The lowest BCUT2D eigenvalue weighted by atomic mass is 9.90. The van der Waals surface area contributed by atoms with Crippen LogP contribution in [0.15, 0.2) is 22.7 Å². The lowest BCUT2D eigenvalue weighted by molar-refractivity contribution is 0.284. The zero-order valence-electron chi connectivity index (χ0n) is 12.8. The first-order valence-electron chi connectivity index (χ1n) is 7.56. The molecule has 21 heavy (non-hydrogen) atoms. The Morgan fingerprint density at radius 2 is 2.19 bits per heavy atom. The molecule has 0 amide bonds. The second-order valence-electron chi connectivity index (χ2n) is 6.36. The van der Waals surface area contributed by atoms with Gasteiger partial charge in [0.2, 0.25) is 0 Å². The molecule has 1 fully saturated rings. The number of benzene rings is 1. The molecule has 4 heteroatoms. The normalized spacial score (nSPS) is 14.8. The maximum Gasteiger partial charge on any atom is 0.119 e. The zero-order chi connectivity index (χ0) is 15.3. The van der Waals surface area contributed by atoms with Gasteiger partial charge < -0.3 is 10.1 Å². The quantitative estimate of drug-likeness (QED) is 0.706. The summed E-state index contributed by atoms with van der Waals surface area (Å²) in [6.07, 6.45) is 4.34. The van der Waals surface area contributed by atoms with Crippen molar-refractivity contribution in [2.75, 3.05) is 6.61 Å². The molecular weight excluding hydrogens is 328 g/mol. The third kappa shape index (κ3) is 5.68. The topological polar surface area (TPSA) is 45.0 Å². The minimum Gasteiger partial charge on any atom is -0.494 e. The SMILES string of the molecule is CC(C)(C#N)CCCOc1ccc(Br)c(CNC2CC2)c1. The highest BCUT2D eigenvalue weighted by molar-refractivity contribution is 9.10. The Kier molecular flexibility index (Phi) is 5.66. The Morgan fingerprint density at radius 1 is 1.43 bits per heavy atom. The maximum absolute atomic E-state index is 8.98. The number of nitrogens with one attached hydrogen (secondary N) is 1. The molecule has 0 atom stereocenters. The Morgan fingerprint density at radius 3 is 2.86 bits per heavy atom. The van der Waals surface area contributed by atoms with Crippen molar-refractivity contribution < 1.29 is 4.74 Å². The smallest absolute Gasteiger partial charge is 0.119 e. The van der Waals surface area contributed by atoms with Crippen LogP contribution < -0.4 is 10.1 Å². The van der Waals surface area contributed by atoms with Crippen LogP contribution in [-0.2, 0) is 6.54 Å². The molecule has 1 N–H and O–H groups in total. The summed E-state index contributed by atoms with van der Waals surface area (Å²) < 4.78 is 6.93. The highest BCUT2D eigenvalue weighted by Crippen LogP contribution is 2.26. The van der Waals surface area contributed by atoms with Gasteiger partial charge in [0.15, 0.2) is 0 Å². The molecule has 0 aliphatic heterocycles. The van der Waals surface area contributed by atoms with E-state index < -0.39 is 0 Å². The van der Waals surface area contributed by atoms with E-state index in [9.17, 15) is 0 Å². The van der Waals surface area contributed by atoms with Crippen LogP contribution in [-0.4, -0.2) is 12.6 Å². The van der Waals surface area contributed by atoms with Crippen LogP contribution in [0.3, 0.4) is 0 Å². The fraction of sp³-hybridized carbons (Fsp3) is 0.588. The van der Waals surface area contributed by atoms with Crippen LogP contribution in [0.4, 0.5) is 0 Å². The van der Waals surface area contributed by atoms with Gasteiger partial charge in [0.1, 0.15) is 5.75 Å². The Labute approximate surface area is 135 Å². The predicted molar refractivity (Wildman–Crippen MR) is 88.1 cm³/mol. The number of rotatable bonds is 8. The summed E-state index contributed by atoms with van der Waals surface area (Å²) in [6, 6.07) is 9.14. The predicted octanol–water partition coefficient (Wildman–Crippen LogP) is 4.41. The van der Waals surface area contributed by atoms with Crippen LogP contribution >= 0.6 is 15.9 Å². The maximum atomic E-state index is 8.98. The lowest BCUT2D eigenvalue weighted by Gasteiger charge is -2.15. The second kappa shape index (κ2) is 7.29. The molecule has 114 valence electrons. The van der Waals surface area contributed by atoms with E-state index in [4.69, 9.17) is 10.00 Å². The van der Waals surface area contributed by atoms with E-state index in [-0.39, 0.29) is 5.41 Å². The minimum atomic E-state index is -0.261. The molecule has 0 spiro atoms. The second-order valence-corrected chi connectivity index (χ2v) is 7.21. The molecule has 0 aromatic heterocycles. The summed E-state index contributed by atoms with van der Waals surface area (Å²) in [6.45, 7) is 5.47. The zero-order valence-corrected chi connectivity index (χ0v) is 14.4. The molecule has 0 bridgehead atoms. The van der Waals surface area contributed by atoms with Gasteiger partial charge in [0.05, 0.1) is 18.1 Å². The van der Waals surface area contributed by atoms with Gasteiger partial charge in [-0.05, 0) is 63.3 Å². The third-order valence-corrected chi connectivity index (χ3v) is 4.47. The van der Waals surface area contributed by atoms with Crippen molar-refractivity contribution >= 4 is 15.9 Å². The van der Waals surface area contributed by atoms with Crippen molar-refractivity contribution in [2.24, 2.45) is 5.41 Å². The van der Waals surface area contributed by atoms with Gasteiger partial charge in [-0.1, -0.05) is 15.9 Å². The summed E-state index contributed by atoms with van der Waals surface area (Å²) in [5, 5.41) is 12.5. The van der Waals surface area contributed by atoms with Crippen molar-refractivity contribution in [3.05, 3.63) is 28.2 Å². The fourth-order valence-corrected chi connectivity index (χ4v) is 2.46. The molecule has 0 heterocycles. The first-order chi connectivity index (χ1) is 10.00. The average molecular weight is 351 g/mol. The van der Waals surface area contributed by atoms with Crippen LogP contribution in [0.1, 0.15) is 45.1 Å². The van der Waals surface area contributed by atoms with Gasteiger partial charge >= 0.3 is 0 Å². The number of ether oxygens (including phenoxy) is 1. The van der Waals surface area contributed by atoms with Gasteiger partial charge in [0.25, 0.3) is 0 Å². The van der Waals surface area contributed by atoms with Crippen molar-refractivity contribution in [2.45, 2.75) is 52.1 Å². The number of nitriles is 1. The van der Waals surface area contributed by atoms with Gasteiger partial charge in [-0.2, -0.15) is 5.26 Å². The summed E-state index contributed by atoms with van der Waals surface area (Å²) in [5.74, 6) is 0.903. The number of hydrogen-bond acceptors (Lipinski definition) is 3. The summed E-state index contributed by atoms with van der Waals surface area (Å²) >= 11 is 3.59. The summed E-state index contributed by atoms with van der Waals surface area (Å²) in [4.78, 5) is 0. The highest BCUT2D eigenvalue weighted by Gasteiger charge is 2.20. The molecule has 1 aromatic carbocycles. The van der Waals surface area contributed by atoms with Crippen LogP contribution in [0.25, 0.3) is 0 Å². The monoisotopic (exact) mass is 350 g/mol. The molecule has 0 saturated heterocycles. The number of nitrogens with zero attached hydrogens (tertiary/aromatic N) is 1. The minimum absolute atomic E-state index is 0.261. The largest absolute Gasteiger partial charge is 0.494 e. The van der Waals surface area contributed by atoms with Crippen LogP contribution in [0, 0.1) is 16.7 Å². The van der Waals surface area contributed by atoms with Gasteiger partial charge in [-0.25, -0.2) is 0 Å². The standard InChI is InChI=1S/C17H23BrN2O/c1-17(2,12-19)8-3-9-21-15-6-7-16(18)13(10-15)11-20-14-4-5-14/h6-7,10,14,20H,3-5,8-9,11H2,1-2H3. The lowest BCUT2D eigenvalue weighted by Crippen LogP contribution is -2.15. The number of hydrogen-bond donors (Lipinski definition) is 1. The average Bonchev–Trinajstić information content (AvgIpc) is 3.28. The van der Waals surface area contributed by atoms with E-state index in [1.165, 1.54) is 18.4 Å². The van der Waals surface area contributed by atoms with Crippen molar-refractivity contribution in [3.63, 3.8) is 0 Å². The Bertz CT molecular complexity index is 518. The van der Waals surface area contributed by atoms with E-state index in [1.807, 2.05) is 26.0 Å². The Hall–Kier alpha value is -1.05. The van der Waals surface area contributed by atoms with Gasteiger partial charge in [0, 0.05) is 17.1 Å². The fourth-order valence-electron chi connectivity index (χ4n) is 2.08. The van der Waals surface area contributed by atoms with Crippen LogP contribution in [0.2, 0.25) is 0 Å². The van der Waals surface area contributed by atoms with E-state index >= 15 is 0 Å². The van der Waals surface area contributed by atoms with E-state index in [0.29, 0.717) is 12.6 Å². The van der Waals surface area contributed by atoms with Gasteiger partial charge in [-0.15, -0.1) is 0 Å². The molecule has 3 nitrogen and oxygen atoms in total. The first-order valence-corrected chi connectivity index (χ1v) is 8.35. The summed E-state index contributed by atoms with van der Waals surface area (Å²) in [7, 11) is 0. The van der Waals surface area contributed by atoms with Crippen molar-refractivity contribution in [1.29, 1.82) is 5.26 Å². The molecule has 1 saturated carbocycles. The van der Waals surface area contributed by atoms with Gasteiger partial charge in [-0.3, -0.25) is 0 Å². The van der Waals surface area contributed by atoms with Crippen LogP contribution in [0.5, 0.6) is 5.75 Å². The number of halogens is 1. The van der Waals surface area contributed by atoms with Crippen molar-refractivity contribution in [3.8, 4) is 11.8 Å². The summed E-state index contributed by atoms with van der Waals surface area (Å²) in [5.41, 5.74) is 0.972. The molecule has 1 aromatic rings. The van der Waals surface area contributed by atoms with E-state index in [0.717, 1.165) is 29.6 Å². The molecule has 1 aliphatic rings. The van der Waals surface area contributed by atoms with E-state index in [2.05, 4.69) is 33.4 Å². The molecule has 0 radical (unpaired) electrons. The Balaban J connectivity index is 1.80. The molecule has 1 aliphatic carbocycles.